The Hall–Kier alpha value is -2.39. The number of nitrogens with one attached hydrogen (secondary N) is 1. The van der Waals surface area contributed by atoms with Crippen LogP contribution in [0.4, 0.5) is 4.79 Å². The van der Waals surface area contributed by atoms with Gasteiger partial charge in [0.1, 0.15) is 18.6 Å². The van der Waals surface area contributed by atoms with Crippen LogP contribution in [-0.4, -0.2) is 57.2 Å². The Kier molecular flexibility index (Phi) is 7.65. The maximum atomic E-state index is 11.4. The molecule has 0 radical (unpaired) electrons. The highest BCUT2D eigenvalue weighted by molar-refractivity contribution is 5.87. The number of amides is 1. The van der Waals surface area contributed by atoms with Crippen molar-refractivity contribution in [1.82, 2.24) is 5.32 Å². The monoisotopic (exact) mass is 404 g/mol. The van der Waals surface area contributed by atoms with Crippen LogP contribution in [0.5, 0.6) is 5.75 Å². The van der Waals surface area contributed by atoms with Crippen LogP contribution in [0.2, 0.25) is 0 Å². The second kappa shape index (κ2) is 10.4. The van der Waals surface area contributed by atoms with Gasteiger partial charge >= 0.3 is 6.09 Å². The number of methoxy groups -OCH3 is 1. The van der Waals surface area contributed by atoms with Crippen LogP contribution in [0.15, 0.2) is 36.4 Å². The number of benzene rings is 2. The molecule has 0 bridgehead atoms. The molecule has 0 aromatic heterocycles. The van der Waals surface area contributed by atoms with Gasteiger partial charge in [0, 0.05) is 18.9 Å². The van der Waals surface area contributed by atoms with Gasteiger partial charge in [-0.25, -0.2) is 4.79 Å². The number of carbonyl (C=O) groups excluding carboxylic acids is 1. The molecule has 158 valence electrons. The van der Waals surface area contributed by atoms with E-state index in [-0.39, 0.29) is 18.8 Å². The fourth-order valence-corrected chi connectivity index (χ4v) is 3.33. The van der Waals surface area contributed by atoms with Crippen LogP contribution in [0.3, 0.4) is 0 Å². The zero-order chi connectivity index (χ0) is 20.6. The Morgan fingerprint density at radius 3 is 2.83 bits per heavy atom. The first-order valence-electron chi connectivity index (χ1n) is 9.71. The highest BCUT2D eigenvalue weighted by Crippen LogP contribution is 2.31. The number of aliphatic hydroxyl groups is 1. The van der Waals surface area contributed by atoms with Gasteiger partial charge < -0.3 is 35.1 Å². The fourth-order valence-electron chi connectivity index (χ4n) is 3.33. The fraction of sp³-hybridized carbons (Fsp3) is 0.476. The van der Waals surface area contributed by atoms with Gasteiger partial charge in [0.25, 0.3) is 0 Å². The van der Waals surface area contributed by atoms with Crippen LogP contribution in [0.25, 0.3) is 10.8 Å². The lowest BCUT2D eigenvalue weighted by molar-refractivity contribution is -0.189. The van der Waals surface area contributed by atoms with Gasteiger partial charge in [-0.2, -0.15) is 0 Å². The third-order valence-corrected chi connectivity index (χ3v) is 4.80. The van der Waals surface area contributed by atoms with E-state index in [2.05, 4.69) is 23.5 Å². The van der Waals surface area contributed by atoms with E-state index in [1.165, 1.54) is 10.9 Å². The molecular weight excluding hydrogens is 376 g/mol. The van der Waals surface area contributed by atoms with Crippen molar-refractivity contribution in [3.05, 3.63) is 42.0 Å². The van der Waals surface area contributed by atoms with Crippen LogP contribution in [-0.2, 0) is 14.2 Å². The van der Waals surface area contributed by atoms with Crippen molar-refractivity contribution in [3.8, 4) is 5.75 Å². The summed E-state index contributed by atoms with van der Waals surface area (Å²) < 4.78 is 21.8. The summed E-state index contributed by atoms with van der Waals surface area (Å²) in [5.74, 6) is 1.00. The average molecular weight is 404 g/mol. The molecule has 1 aliphatic rings. The third kappa shape index (κ3) is 6.04. The molecule has 0 spiro atoms. The molecule has 4 N–H and O–H groups in total. The van der Waals surface area contributed by atoms with Crippen LogP contribution >= 0.6 is 0 Å². The van der Waals surface area contributed by atoms with Crippen molar-refractivity contribution in [3.63, 3.8) is 0 Å². The van der Waals surface area contributed by atoms with Crippen molar-refractivity contribution >= 4 is 16.9 Å². The van der Waals surface area contributed by atoms with Crippen LogP contribution < -0.4 is 15.8 Å². The van der Waals surface area contributed by atoms with E-state index in [0.717, 1.165) is 11.1 Å². The van der Waals surface area contributed by atoms with Crippen LogP contribution in [0.1, 0.15) is 24.3 Å². The molecule has 8 heteroatoms. The lowest BCUT2D eigenvalue weighted by atomic mass is 9.94. The lowest BCUT2D eigenvalue weighted by Gasteiger charge is -2.30. The Bertz CT molecular complexity index is 805. The number of ether oxygens (including phenoxy) is 4. The summed E-state index contributed by atoms with van der Waals surface area (Å²) in [4.78, 5) is 11.4. The van der Waals surface area contributed by atoms with E-state index < -0.39 is 12.3 Å². The second-order valence-corrected chi connectivity index (χ2v) is 6.96. The molecule has 29 heavy (non-hydrogen) atoms. The minimum Gasteiger partial charge on any atom is -0.497 e. The summed E-state index contributed by atoms with van der Waals surface area (Å²) in [6.45, 7) is 1.36. The summed E-state index contributed by atoms with van der Waals surface area (Å²) in [6.07, 6.45) is -0.706. The van der Waals surface area contributed by atoms with E-state index >= 15 is 0 Å². The zero-order valence-corrected chi connectivity index (χ0v) is 16.5. The number of fused-ring (bicyclic) bond motifs is 1. The van der Waals surface area contributed by atoms with Gasteiger partial charge in [-0.05, 0) is 34.9 Å². The first-order chi connectivity index (χ1) is 14.1. The number of alkyl carbamates (subject to hydrolysis) is 1. The molecule has 1 heterocycles. The molecule has 0 saturated carbocycles. The zero-order valence-electron chi connectivity index (χ0n) is 16.5. The predicted octanol–water partition coefficient (Wildman–Crippen LogP) is 2.09. The molecule has 3 rings (SSSR count). The molecule has 0 aliphatic carbocycles. The molecule has 1 aliphatic heterocycles. The first-order valence-corrected chi connectivity index (χ1v) is 9.71. The van der Waals surface area contributed by atoms with E-state index in [0.29, 0.717) is 32.6 Å². The number of carbonyl (C=O) groups is 1. The SMILES string of the molecule is COc1ccc2c(C3COC(CCCNC(=O)OCC(N)O)OC3)cccc2c1. The molecule has 2 aromatic rings. The Morgan fingerprint density at radius 2 is 2.10 bits per heavy atom. The molecule has 1 fully saturated rings. The van der Waals surface area contributed by atoms with Gasteiger partial charge in [-0.1, -0.05) is 24.3 Å². The minimum absolute atomic E-state index is 0.166. The quantitative estimate of drug-likeness (QED) is 0.456. The Labute approximate surface area is 169 Å². The van der Waals surface area contributed by atoms with Gasteiger partial charge in [-0.3, -0.25) is 0 Å². The van der Waals surface area contributed by atoms with E-state index in [9.17, 15) is 4.79 Å². The standard InChI is InChI=1S/C21H28N2O6/c1-26-16-7-8-18-14(10-16)4-2-5-17(18)15-11-27-20(28-12-15)6-3-9-23-21(25)29-13-19(22)24/h2,4-5,7-8,10,15,19-20,24H,3,6,9,11-13,22H2,1H3,(H,23,25). The summed E-state index contributed by atoms with van der Waals surface area (Å²) in [6, 6.07) is 12.3. The van der Waals surface area contributed by atoms with Crippen molar-refractivity contribution in [2.75, 3.05) is 33.5 Å². The highest BCUT2D eigenvalue weighted by Gasteiger charge is 2.24. The minimum atomic E-state index is -1.17. The van der Waals surface area contributed by atoms with E-state index in [1.54, 1.807) is 7.11 Å². The van der Waals surface area contributed by atoms with Crippen molar-refractivity contribution in [2.24, 2.45) is 5.73 Å². The van der Waals surface area contributed by atoms with Crippen molar-refractivity contribution in [2.45, 2.75) is 31.3 Å². The predicted molar refractivity (Wildman–Crippen MR) is 108 cm³/mol. The lowest BCUT2D eigenvalue weighted by Crippen LogP contribution is -2.33. The molecule has 2 aromatic carbocycles. The second-order valence-electron chi connectivity index (χ2n) is 6.96. The average Bonchev–Trinajstić information content (AvgIpc) is 2.75. The molecule has 8 nitrogen and oxygen atoms in total. The number of hydrogen-bond acceptors (Lipinski definition) is 7. The van der Waals surface area contributed by atoms with Gasteiger partial charge in [0.2, 0.25) is 0 Å². The number of aliphatic hydroxyl groups excluding tert-OH is 1. The molecular formula is C21H28N2O6. The maximum Gasteiger partial charge on any atom is 0.407 e. The van der Waals surface area contributed by atoms with Gasteiger partial charge in [-0.15, -0.1) is 0 Å². The largest absolute Gasteiger partial charge is 0.497 e. The summed E-state index contributed by atoms with van der Waals surface area (Å²) in [5, 5.41) is 13.8. The Morgan fingerprint density at radius 1 is 1.31 bits per heavy atom. The van der Waals surface area contributed by atoms with Crippen molar-refractivity contribution < 1.29 is 28.8 Å². The summed E-state index contributed by atoms with van der Waals surface area (Å²) >= 11 is 0. The number of rotatable bonds is 8. The highest BCUT2D eigenvalue weighted by atomic mass is 16.7. The van der Waals surface area contributed by atoms with Crippen molar-refractivity contribution in [1.29, 1.82) is 0 Å². The van der Waals surface area contributed by atoms with Gasteiger partial charge in [0.15, 0.2) is 6.29 Å². The first kappa shape index (κ1) is 21.3. The molecule has 1 saturated heterocycles. The third-order valence-electron chi connectivity index (χ3n) is 4.80. The molecule has 1 atom stereocenters. The maximum absolute atomic E-state index is 11.4. The Balaban J connectivity index is 1.44. The normalized spacial score (nSPS) is 20.2. The summed E-state index contributed by atoms with van der Waals surface area (Å²) in [7, 11) is 1.66. The smallest absolute Gasteiger partial charge is 0.407 e. The van der Waals surface area contributed by atoms with Gasteiger partial charge in [0.05, 0.1) is 20.3 Å². The topological polar surface area (TPSA) is 112 Å². The number of hydrogen-bond donors (Lipinski definition) is 3. The summed E-state index contributed by atoms with van der Waals surface area (Å²) in [5.41, 5.74) is 6.31. The van der Waals surface area contributed by atoms with E-state index in [4.69, 9.17) is 29.8 Å². The number of nitrogens with two attached hydrogens (primary N) is 1. The molecule has 1 amide bonds. The molecule has 1 unspecified atom stereocenters. The van der Waals surface area contributed by atoms with E-state index in [1.807, 2.05) is 18.2 Å². The van der Waals surface area contributed by atoms with Crippen LogP contribution in [0, 0.1) is 0 Å².